The summed E-state index contributed by atoms with van der Waals surface area (Å²) < 4.78 is 11.4. The summed E-state index contributed by atoms with van der Waals surface area (Å²) in [5, 5.41) is 0. The molecule has 2 N–H and O–H groups in total. The topological polar surface area (TPSA) is 44.5 Å². The van der Waals surface area contributed by atoms with Crippen LogP contribution in [0.25, 0.3) is 0 Å². The van der Waals surface area contributed by atoms with Gasteiger partial charge >= 0.3 is 0 Å². The second-order valence-corrected chi connectivity index (χ2v) is 4.48. The lowest BCUT2D eigenvalue weighted by molar-refractivity contribution is 0.0519. The number of benzene rings is 1. The SMILES string of the molecule is CCCC(C)OCCCOc1ccccc1CN. The van der Waals surface area contributed by atoms with Crippen molar-refractivity contribution in [3.05, 3.63) is 29.8 Å². The zero-order valence-electron chi connectivity index (χ0n) is 11.5. The Kier molecular flexibility index (Phi) is 7.46. The van der Waals surface area contributed by atoms with Crippen LogP contribution in [0, 0.1) is 0 Å². The third kappa shape index (κ3) is 5.52. The van der Waals surface area contributed by atoms with Gasteiger partial charge in [0.25, 0.3) is 0 Å². The molecule has 0 spiro atoms. The normalized spacial score (nSPS) is 12.4. The molecule has 1 atom stereocenters. The monoisotopic (exact) mass is 251 g/mol. The first-order chi connectivity index (χ1) is 8.77. The molecule has 1 aromatic carbocycles. The molecule has 0 aliphatic rings. The molecule has 0 aliphatic heterocycles. The standard InChI is InChI=1S/C15H25NO2/c1-3-7-13(2)17-10-6-11-18-15-9-5-4-8-14(15)12-16/h4-5,8-9,13H,3,6-7,10-12,16H2,1-2H3. The third-order valence-electron chi connectivity index (χ3n) is 2.84. The second-order valence-electron chi connectivity index (χ2n) is 4.48. The minimum absolute atomic E-state index is 0.353. The predicted molar refractivity (Wildman–Crippen MR) is 74.8 cm³/mol. The molecule has 1 aromatic rings. The minimum Gasteiger partial charge on any atom is -0.493 e. The molecule has 0 aromatic heterocycles. The predicted octanol–water partition coefficient (Wildman–Crippen LogP) is 3.12. The maximum atomic E-state index is 5.71. The van der Waals surface area contributed by atoms with Gasteiger partial charge in [0.1, 0.15) is 5.75 Å². The van der Waals surface area contributed by atoms with E-state index in [2.05, 4.69) is 13.8 Å². The van der Waals surface area contributed by atoms with Gasteiger partial charge in [-0.1, -0.05) is 31.5 Å². The molecule has 0 heterocycles. The number of rotatable bonds is 9. The van der Waals surface area contributed by atoms with Gasteiger partial charge in [0.05, 0.1) is 19.3 Å². The van der Waals surface area contributed by atoms with Crippen molar-refractivity contribution in [2.45, 2.75) is 45.8 Å². The lowest BCUT2D eigenvalue weighted by atomic mass is 10.2. The summed E-state index contributed by atoms with van der Waals surface area (Å²) in [4.78, 5) is 0. The first-order valence-electron chi connectivity index (χ1n) is 6.80. The van der Waals surface area contributed by atoms with Gasteiger partial charge in [-0.05, 0) is 19.4 Å². The molecule has 0 saturated heterocycles. The van der Waals surface area contributed by atoms with Crippen LogP contribution in [0.15, 0.2) is 24.3 Å². The van der Waals surface area contributed by atoms with Gasteiger partial charge in [-0.3, -0.25) is 0 Å². The fraction of sp³-hybridized carbons (Fsp3) is 0.600. The van der Waals surface area contributed by atoms with E-state index in [9.17, 15) is 0 Å². The Labute approximate surface area is 110 Å². The number of hydrogen-bond acceptors (Lipinski definition) is 3. The van der Waals surface area contributed by atoms with Crippen molar-refractivity contribution in [1.82, 2.24) is 0 Å². The van der Waals surface area contributed by atoms with E-state index >= 15 is 0 Å². The highest BCUT2D eigenvalue weighted by atomic mass is 16.5. The van der Waals surface area contributed by atoms with E-state index in [1.165, 1.54) is 6.42 Å². The Hall–Kier alpha value is -1.06. The number of nitrogens with two attached hydrogens (primary N) is 1. The quantitative estimate of drug-likeness (QED) is 0.686. The molecule has 3 nitrogen and oxygen atoms in total. The fourth-order valence-electron chi connectivity index (χ4n) is 1.83. The van der Waals surface area contributed by atoms with Crippen LogP contribution in [0.3, 0.4) is 0 Å². The molecule has 3 heteroatoms. The summed E-state index contributed by atoms with van der Waals surface area (Å²) in [7, 11) is 0. The van der Waals surface area contributed by atoms with E-state index in [0.29, 0.717) is 19.3 Å². The van der Waals surface area contributed by atoms with Crippen molar-refractivity contribution >= 4 is 0 Å². The maximum Gasteiger partial charge on any atom is 0.123 e. The molecule has 0 bridgehead atoms. The lowest BCUT2D eigenvalue weighted by Gasteiger charge is -2.13. The first kappa shape index (κ1) is 15.0. The fourth-order valence-corrected chi connectivity index (χ4v) is 1.83. The van der Waals surface area contributed by atoms with Crippen molar-refractivity contribution < 1.29 is 9.47 Å². The molecule has 102 valence electrons. The maximum absolute atomic E-state index is 5.71. The van der Waals surface area contributed by atoms with Crippen molar-refractivity contribution in [3.8, 4) is 5.75 Å². The smallest absolute Gasteiger partial charge is 0.123 e. The highest BCUT2D eigenvalue weighted by molar-refractivity contribution is 5.32. The molecule has 0 saturated carbocycles. The average molecular weight is 251 g/mol. The molecule has 0 amide bonds. The molecule has 0 fully saturated rings. The molecule has 1 rings (SSSR count). The van der Waals surface area contributed by atoms with Gasteiger partial charge < -0.3 is 15.2 Å². The van der Waals surface area contributed by atoms with E-state index in [1.54, 1.807) is 0 Å². The van der Waals surface area contributed by atoms with Crippen LogP contribution in [0.2, 0.25) is 0 Å². The van der Waals surface area contributed by atoms with Crippen molar-refractivity contribution in [1.29, 1.82) is 0 Å². The van der Waals surface area contributed by atoms with Crippen LogP contribution < -0.4 is 10.5 Å². The molecule has 18 heavy (non-hydrogen) atoms. The van der Waals surface area contributed by atoms with Crippen LogP contribution in [-0.4, -0.2) is 19.3 Å². The lowest BCUT2D eigenvalue weighted by Crippen LogP contribution is -2.11. The molecule has 0 radical (unpaired) electrons. The van der Waals surface area contributed by atoms with Gasteiger partial charge in [-0.15, -0.1) is 0 Å². The average Bonchev–Trinajstić information content (AvgIpc) is 2.39. The zero-order valence-corrected chi connectivity index (χ0v) is 11.5. The summed E-state index contributed by atoms with van der Waals surface area (Å²) >= 11 is 0. The minimum atomic E-state index is 0.353. The summed E-state index contributed by atoms with van der Waals surface area (Å²) in [5.74, 6) is 0.890. The van der Waals surface area contributed by atoms with Gasteiger partial charge in [0.15, 0.2) is 0 Å². The van der Waals surface area contributed by atoms with Crippen LogP contribution in [0.1, 0.15) is 38.7 Å². The molecular weight excluding hydrogens is 226 g/mol. The highest BCUT2D eigenvalue weighted by Crippen LogP contribution is 2.17. The zero-order chi connectivity index (χ0) is 13.2. The summed E-state index contributed by atoms with van der Waals surface area (Å²) in [6, 6.07) is 7.90. The molecular formula is C15H25NO2. The summed E-state index contributed by atoms with van der Waals surface area (Å²) in [6.07, 6.45) is 3.55. The number of hydrogen-bond donors (Lipinski definition) is 1. The Morgan fingerprint density at radius 3 is 2.72 bits per heavy atom. The number of ether oxygens (including phenoxy) is 2. The summed E-state index contributed by atoms with van der Waals surface area (Å²) in [6.45, 7) is 6.24. The van der Waals surface area contributed by atoms with Gasteiger partial charge in [-0.2, -0.15) is 0 Å². The van der Waals surface area contributed by atoms with Crippen LogP contribution in [0.4, 0.5) is 0 Å². The Balaban J connectivity index is 2.17. The van der Waals surface area contributed by atoms with E-state index in [1.807, 2.05) is 24.3 Å². The van der Waals surface area contributed by atoms with Crippen LogP contribution in [-0.2, 0) is 11.3 Å². The molecule has 1 unspecified atom stereocenters. The number of para-hydroxylation sites is 1. The van der Waals surface area contributed by atoms with Gasteiger partial charge in [-0.25, -0.2) is 0 Å². The van der Waals surface area contributed by atoms with E-state index < -0.39 is 0 Å². The largest absolute Gasteiger partial charge is 0.493 e. The van der Waals surface area contributed by atoms with Crippen molar-refractivity contribution in [2.75, 3.05) is 13.2 Å². The highest BCUT2D eigenvalue weighted by Gasteiger charge is 2.02. The van der Waals surface area contributed by atoms with Gasteiger partial charge in [0.2, 0.25) is 0 Å². The second kappa shape index (κ2) is 8.95. The Morgan fingerprint density at radius 2 is 2.00 bits per heavy atom. The third-order valence-corrected chi connectivity index (χ3v) is 2.84. The molecule has 0 aliphatic carbocycles. The van der Waals surface area contributed by atoms with E-state index in [-0.39, 0.29) is 0 Å². The van der Waals surface area contributed by atoms with E-state index in [4.69, 9.17) is 15.2 Å². The Morgan fingerprint density at radius 1 is 1.22 bits per heavy atom. The van der Waals surface area contributed by atoms with Crippen LogP contribution >= 0.6 is 0 Å². The first-order valence-corrected chi connectivity index (χ1v) is 6.80. The van der Waals surface area contributed by atoms with Crippen molar-refractivity contribution in [3.63, 3.8) is 0 Å². The van der Waals surface area contributed by atoms with Gasteiger partial charge in [0, 0.05) is 18.5 Å². The van der Waals surface area contributed by atoms with Crippen LogP contribution in [0.5, 0.6) is 5.75 Å². The van der Waals surface area contributed by atoms with E-state index in [0.717, 1.165) is 30.8 Å². The van der Waals surface area contributed by atoms with Crippen molar-refractivity contribution in [2.24, 2.45) is 5.73 Å². The Bertz CT molecular complexity index is 328. The summed E-state index contributed by atoms with van der Waals surface area (Å²) in [5.41, 5.74) is 6.70.